The summed E-state index contributed by atoms with van der Waals surface area (Å²) in [6.45, 7) is 3.64. The van der Waals surface area contributed by atoms with Crippen molar-refractivity contribution in [1.82, 2.24) is 0 Å². The monoisotopic (exact) mass is 229 g/mol. The van der Waals surface area contributed by atoms with Crippen LogP contribution in [0.5, 0.6) is 0 Å². The summed E-state index contributed by atoms with van der Waals surface area (Å²) in [5, 5.41) is 11.1. The van der Waals surface area contributed by atoms with Crippen LogP contribution in [0.25, 0.3) is 0 Å². The highest BCUT2D eigenvalue weighted by Crippen LogP contribution is 2.50. The fraction of sp³-hybridized carbons (Fsp3) is 0.800. The van der Waals surface area contributed by atoms with Gasteiger partial charge in [-0.2, -0.15) is 0 Å². The molecule has 2 bridgehead atoms. The molecule has 84 valence electrons. The van der Waals surface area contributed by atoms with E-state index in [9.17, 15) is 14.3 Å². The molecule has 0 radical (unpaired) electrons. The molecular weight excluding hydrogens is 214 g/mol. The molecule has 0 unspecified atom stereocenters. The van der Waals surface area contributed by atoms with Crippen molar-refractivity contribution in [3.63, 3.8) is 0 Å². The van der Waals surface area contributed by atoms with Gasteiger partial charge >= 0.3 is 0 Å². The van der Waals surface area contributed by atoms with Crippen molar-refractivity contribution in [1.29, 1.82) is 0 Å². The molecule has 15 heavy (non-hydrogen) atoms. The van der Waals surface area contributed by atoms with Gasteiger partial charge in [-0.1, -0.05) is 19.1 Å². The van der Waals surface area contributed by atoms with Crippen LogP contribution in [-0.2, 0) is 10.8 Å². The van der Waals surface area contributed by atoms with Gasteiger partial charge in [-0.05, 0) is 13.3 Å². The molecule has 0 aromatic carbocycles. The second-order valence-electron chi connectivity index (χ2n) is 4.44. The molecule has 1 fully saturated rings. The summed E-state index contributed by atoms with van der Waals surface area (Å²) >= 11 is 0. The topological polar surface area (TPSA) is 60.2 Å². The largest absolute Gasteiger partial charge is 0.264 e. The van der Waals surface area contributed by atoms with E-state index in [0.717, 1.165) is 6.42 Å². The van der Waals surface area contributed by atoms with E-state index in [1.165, 1.54) is 0 Å². The molecule has 2 aliphatic carbocycles. The second-order valence-corrected chi connectivity index (χ2v) is 6.59. The first kappa shape index (κ1) is 10.8. The Labute approximate surface area is 91.3 Å². The fourth-order valence-corrected chi connectivity index (χ4v) is 4.68. The first-order chi connectivity index (χ1) is 7.01. The third-order valence-electron chi connectivity index (χ3n) is 3.83. The maximum atomic E-state index is 12.0. The third-order valence-corrected chi connectivity index (χ3v) is 5.88. The Hall–Kier alpha value is -0.710. The van der Waals surface area contributed by atoms with Crippen molar-refractivity contribution < 1.29 is 9.13 Å². The van der Waals surface area contributed by atoms with E-state index in [1.54, 1.807) is 0 Å². The quantitative estimate of drug-likeness (QED) is 0.417. The highest BCUT2D eigenvalue weighted by atomic mass is 32.2. The van der Waals surface area contributed by atoms with E-state index in [4.69, 9.17) is 0 Å². The second kappa shape index (κ2) is 3.40. The summed E-state index contributed by atoms with van der Waals surface area (Å²) < 4.78 is 11.4. The minimum atomic E-state index is -1.11. The first-order valence-electron chi connectivity index (χ1n) is 5.22. The van der Waals surface area contributed by atoms with Crippen LogP contribution in [0.15, 0.2) is 12.2 Å². The van der Waals surface area contributed by atoms with Crippen molar-refractivity contribution >= 4 is 10.8 Å². The number of rotatable bonds is 3. The van der Waals surface area contributed by atoms with Crippen LogP contribution in [0, 0.1) is 22.0 Å². The van der Waals surface area contributed by atoms with Gasteiger partial charge in [-0.15, -0.1) is 0 Å². The maximum absolute atomic E-state index is 12.0. The predicted molar refractivity (Wildman–Crippen MR) is 58.6 cm³/mol. The Bertz CT molecular complexity index is 355. The van der Waals surface area contributed by atoms with Gasteiger partial charge in [0.05, 0.1) is 0 Å². The van der Waals surface area contributed by atoms with Gasteiger partial charge in [0, 0.05) is 33.3 Å². The van der Waals surface area contributed by atoms with Gasteiger partial charge in [0.2, 0.25) is 6.04 Å². The minimum Gasteiger partial charge on any atom is -0.264 e. The Morgan fingerprint density at radius 3 is 2.80 bits per heavy atom. The SMILES string of the molecule is CC[S@](=O)[C@@]1(C)[C@H]2C=C[C@H](C2)[C@H]1[N+](=O)[O-]. The number of hydrogen-bond donors (Lipinski definition) is 0. The van der Waals surface area contributed by atoms with Gasteiger partial charge < -0.3 is 0 Å². The van der Waals surface area contributed by atoms with Crippen molar-refractivity contribution in [3.05, 3.63) is 22.3 Å². The van der Waals surface area contributed by atoms with Crippen LogP contribution in [0.2, 0.25) is 0 Å². The Morgan fingerprint density at radius 2 is 2.27 bits per heavy atom. The standard InChI is InChI=1S/C10H15NO3S/c1-3-15(14)10(2)8-5-4-7(6-8)9(10)11(12)13/h4-5,7-9H,3,6H2,1-2H3/t7-,8+,9-,10+,15+/m1/s1. The summed E-state index contributed by atoms with van der Waals surface area (Å²) in [5.74, 6) is 0.613. The van der Waals surface area contributed by atoms with E-state index >= 15 is 0 Å². The predicted octanol–water partition coefficient (Wildman–Crippen LogP) is 1.36. The van der Waals surface area contributed by atoms with Crippen molar-refractivity contribution in [2.45, 2.75) is 31.1 Å². The summed E-state index contributed by atoms with van der Waals surface area (Å²) in [7, 11) is -1.11. The molecule has 5 heteroatoms. The van der Waals surface area contributed by atoms with Crippen molar-refractivity contribution in [3.8, 4) is 0 Å². The van der Waals surface area contributed by atoms with Gasteiger partial charge in [0.15, 0.2) is 0 Å². The number of hydrogen-bond acceptors (Lipinski definition) is 3. The van der Waals surface area contributed by atoms with Crippen LogP contribution in [0.3, 0.4) is 0 Å². The maximum Gasteiger partial charge on any atom is 0.236 e. The molecule has 0 heterocycles. The van der Waals surface area contributed by atoms with Crippen LogP contribution in [-0.4, -0.2) is 25.7 Å². The molecule has 4 nitrogen and oxygen atoms in total. The lowest BCUT2D eigenvalue weighted by Crippen LogP contribution is -2.51. The highest BCUT2D eigenvalue weighted by molar-refractivity contribution is 7.86. The van der Waals surface area contributed by atoms with Gasteiger partial charge in [0.1, 0.15) is 4.75 Å². The van der Waals surface area contributed by atoms with E-state index in [-0.39, 0.29) is 16.8 Å². The third kappa shape index (κ3) is 1.29. The molecule has 0 aromatic heterocycles. The van der Waals surface area contributed by atoms with E-state index in [2.05, 4.69) is 0 Å². The van der Waals surface area contributed by atoms with E-state index < -0.39 is 21.6 Å². The lowest BCUT2D eigenvalue weighted by Gasteiger charge is -2.31. The minimum absolute atomic E-state index is 0.00880. The zero-order chi connectivity index (χ0) is 11.2. The summed E-state index contributed by atoms with van der Waals surface area (Å²) in [6, 6.07) is -0.659. The molecule has 5 atom stereocenters. The zero-order valence-electron chi connectivity index (χ0n) is 8.88. The average Bonchev–Trinajstić information content (AvgIpc) is 2.74. The lowest BCUT2D eigenvalue weighted by molar-refractivity contribution is -0.531. The summed E-state index contributed by atoms with van der Waals surface area (Å²) in [6.07, 6.45) is 4.73. The van der Waals surface area contributed by atoms with Crippen molar-refractivity contribution in [2.75, 3.05) is 5.75 Å². The number of nitro groups is 1. The van der Waals surface area contributed by atoms with Crippen LogP contribution >= 0.6 is 0 Å². The molecule has 2 rings (SSSR count). The molecule has 0 N–H and O–H groups in total. The Morgan fingerprint density at radius 1 is 1.60 bits per heavy atom. The van der Waals surface area contributed by atoms with Crippen LogP contribution in [0.4, 0.5) is 0 Å². The van der Waals surface area contributed by atoms with Gasteiger partial charge in [0.25, 0.3) is 0 Å². The average molecular weight is 229 g/mol. The van der Waals surface area contributed by atoms with Gasteiger partial charge in [-0.3, -0.25) is 14.3 Å². The Kier molecular flexibility index (Phi) is 2.45. The molecule has 0 amide bonds. The fourth-order valence-electron chi connectivity index (χ4n) is 3.01. The molecule has 1 saturated carbocycles. The lowest BCUT2D eigenvalue weighted by atomic mass is 9.90. The first-order valence-corrected chi connectivity index (χ1v) is 6.54. The normalized spacial score (nSPS) is 44.5. The molecule has 0 aliphatic heterocycles. The number of fused-ring (bicyclic) bond motifs is 2. The summed E-state index contributed by atoms with van der Waals surface area (Å²) in [4.78, 5) is 10.8. The van der Waals surface area contributed by atoms with Crippen LogP contribution < -0.4 is 0 Å². The molecule has 0 aromatic rings. The molecule has 2 aliphatic rings. The molecule has 0 saturated heterocycles. The van der Waals surface area contributed by atoms with E-state index in [1.807, 2.05) is 26.0 Å². The Balaban J connectivity index is 2.41. The zero-order valence-corrected chi connectivity index (χ0v) is 9.70. The molecule has 0 spiro atoms. The smallest absolute Gasteiger partial charge is 0.236 e. The van der Waals surface area contributed by atoms with Crippen LogP contribution in [0.1, 0.15) is 20.3 Å². The number of nitrogens with zero attached hydrogens (tertiary/aromatic N) is 1. The molecular formula is C10H15NO3S. The van der Waals surface area contributed by atoms with Crippen molar-refractivity contribution in [2.24, 2.45) is 11.8 Å². The highest BCUT2D eigenvalue weighted by Gasteiger charge is 2.62. The van der Waals surface area contributed by atoms with E-state index in [0.29, 0.717) is 5.75 Å². The summed E-state index contributed by atoms with van der Waals surface area (Å²) in [5.41, 5.74) is 0. The van der Waals surface area contributed by atoms with Gasteiger partial charge in [-0.25, -0.2) is 0 Å². The number of allylic oxidation sites excluding steroid dienone is 1.